The number of hydrogen-bond acceptors (Lipinski definition) is 5. The van der Waals surface area contributed by atoms with E-state index in [0.29, 0.717) is 0 Å². The highest BCUT2D eigenvalue weighted by atomic mass is 16.5. The molecule has 1 saturated heterocycles. The van der Waals surface area contributed by atoms with Crippen molar-refractivity contribution in [1.29, 1.82) is 0 Å². The van der Waals surface area contributed by atoms with Gasteiger partial charge in [-0.1, -0.05) is 0 Å². The summed E-state index contributed by atoms with van der Waals surface area (Å²) < 4.78 is 13.6. The summed E-state index contributed by atoms with van der Waals surface area (Å²) in [5.41, 5.74) is 0.865. The Labute approximate surface area is 127 Å². The van der Waals surface area contributed by atoms with Gasteiger partial charge in [-0.05, 0) is 40.9 Å². The molecule has 6 nitrogen and oxygen atoms in total. The van der Waals surface area contributed by atoms with Crippen LogP contribution in [0.4, 0.5) is 0 Å². The van der Waals surface area contributed by atoms with E-state index in [1.165, 1.54) is 0 Å². The maximum atomic E-state index is 6.03. The maximum Gasteiger partial charge on any atom is 0.161 e. The third-order valence-electron chi connectivity index (χ3n) is 4.25. The zero-order chi connectivity index (χ0) is 15.5. The molecule has 0 radical (unpaired) electrons. The molecule has 0 bridgehead atoms. The van der Waals surface area contributed by atoms with E-state index in [4.69, 9.17) is 9.47 Å². The van der Waals surface area contributed by atoms with E-state index in [1.54, 1.807) is 13.3 Å². The van der Waals surface area contributed by atoms with Gasteiger partial charge in [0.15, 0.2) is 5.75 Å². The molecule has 0 spiro atoms. The monoisotopic (exact) mass is 296 g/mol. The highest BCUT2D eigenvalue weighted by molar-refractivity contribution is 5.31. The average Bonchev–Trinajstić information content (AvgIpc) is 3.05. The SMILES string of the molecule is CNC(c1c(OC)cnn1CCN(C)C)C1(C)CCCO1. The zero-order valence-electron chi connectivity index (χ0n) is 13.8. The van der Waals surface area contributed by atoms with Crippen LogP contribution in [0.1, 0.15) is 31.5 Å². The number of hydrogen-bond donors (Lipinski definition) is 1. The summed E-state index contributed by atoms with van der Waals surface area (Å²) in [5.74, 6) is 0.824. The number of aromatic nitrogens is 2. The number of likely N-dealkylation sites (N-methyl/N-ethyl adjacent to an activating group) is 2. The second-order valence-corrected chi connectivity index (χ2v) is 6.11. The molecule has 6 heteroatoms. The third kappa shape index (κ3) is 3.39. The van der Waals surface area contributed by atoms with Crippen molar-refractivity contribution in [3.05, 3.63) is 11.9 Å². The summed E-state index contributed by atoms with van der Waals surface area (Å²) in [7, 11) is 7.80. The van der Waals surface area contributed by atoms with E-state index in [0.717, 1.165) is 44.0 Å². The van der Waals surface area contributed by atoms with Gasteiger partial charge in [-0.15, -0.1) is 0 Å². The van der Waals surface area contributed by atoms with E-state index in [-0.39, 0.29) is 11.6 Å². The summed E-state index contributed by atoms with van der Waals surface area (Å²) >= 11 is 0. The normalized spacial score (nSPS) is 23.7. The first kappa shape index (κ1) is 16.3. The number of rotatable bonds is 7. The standard InChI is InChI=1S/C15H28N4O2/c1-15(7-6-10-21-15)14(16-2)13-12(20-5)11-17-19(13)9-8-18(3)4/h11,14,16H,6-10H2,1-5H3. The van der Waals surface area contributed by atoms with Crippen LogP contribution >= 0.6 is 0 Å². The lowest BCUT2D eigenvalue weighted by Crippen LogP contribution is -2.41. The molecule has 120 valence electrons. The average molecular weight is 296 g/mol. The first-order chi connectivity index (χ1) is 10.0. The predicted octanol–water partition coefficient (Wildman–Crippen LogP) is 1.28. The Morgan fingerprint density at radius 2 is 2.33 bits per heavy atom. The molecule has 1 fully saturated rings. The summed E-state index contributed by atoms with van der Waals surface area (Å²) in [6.45, 7) is 4.76. The van der Waals surface area contributed by atoms with Gasteiger partial charge in [0.1, 0.15) is 5.69 Å². The van der Waals surface area contributed by atoms with E-state index < -0.39 is 0 Å². The number of ether oxygens (including phenoxy) is 2. The van der Waals surface area contributed by atoms with Crippen LogP contribution < -0.4 is 10.1 Å². The van der Waals surface area contributed by atoms with Gasteiger partial charge in [-0.25, -0.2) is 0 Å². The zero-order valence-corrected chi connectivity index (χ0v) is 13.8. The Kier molecular flexibility index (Phi) is 5.24. The summed E-state index contributed by atoms with van der Waals surface area (Å²) in [4.78, 5) is 2.15. The van der Waals surface area contributed by atoms with Crippen LogP contribution in [0.3, 0.4) is 0 Å². The summed E-state index contributed by atoms with van der Waals surface area (Å²) in [5, 5.41) is 7.91. The minimum absolute atomic E-state index is 0.0691. The van der Waals surface area contributed by atoms with Crippen LogP contribution in [0.25, 0.3) is 0 Å². The predicted molar refractivity (Wildman–Crippen MR) is 82.7 cm³/mol. The first-order valence-corrected chi connectivity index (χ1v) is 7.57. The molecule has 2 heterocycles. The lowest BCUT2D eigenvalue weighted by molar-refractivity contribution is -0.0134. The second-order valence-electron chi connectivity index (χ2n) is 6.11. The minimum atomic E-state index is -0.210. The smallest absolute Gasteiger partial charge is 0.161 e. The van der Waals surface area contributed by atoms with Crippen LogP contribution in [0, 0.1) is 0 Å². The Morgan fingerprint density at radius 1 is 1.57 bits per heavy atom. The molecule has 0 aromatic carbocycles. The third-order valence-corrected chi connectivity index (χ3v) is 4.25. The molecule has 0 amide bonds. The Morgan fingerprint density at radius 3 is 2.86 bits per heavy atom. The van der Waals surface area contributed by atoms with Crippen molar-refractivity contribution in [2.45, 2.75) is 38.0 Å². The van der Waals surface area contributed by atoms with Crippen molar-refractivity contribution in [3.63, 3.8) is 0 Å². The quantitative estimate of drug-likeness (QED) is 0.821. The lowest BCUT2D eigenvalue weighted by atomic mass is 9.90. The molecule has 0 saturated carbocycles. The molecular formula is C15H28N4O2. The van der Waals surface area contributed by atoms with Crippen LogP contribution in [0.2, 0.25) is 0 Å². The van der Waals surface area contributed by atoms with E-state index in [9.17, 15) is 0 Å². The van der Waals surface area contributed by atoms with Crippen molar-refractivity contribution in [2.75, 3.05) is 41.4 Å². The van der Waals surface area contributed by atoms with E-state index in [1.807, 2.05) is 11.7 Å². The number of nitrogens with zero attached hydrogens (tertiary/aromatic N) is 3. The van der Waals surface area contributed by atoms with Crippen LogP contribution in [0.15, 0.2) is 6.20 Å². The Balaban J connectivity index is 2.31. The van der Waals surface area contributed by atoms with Crippen molar-refractivity contribution < 1.29 is 9.47 Å². The molecule has 1 aliphatic rings. The molecule has 1 aromatic heterocycles. The number of methoxy groups -OCH3 is 1. The van der Waals surface area contributed by atoms with Crippen molar-refractivity contribution in [2.24, 2.45) is 0 Å². The molecule has 1 aromatic rings. The molecule has 0 aliphatic carbocycles. The van der Waals surface area contributed by atoms with Gasteiger partial charge in [0, 0.05) is 13.2 Å². The van der Waals surface area contributed by atoms with Gasteiger partial charge in [-0.2, -0.15) is 5.10 Å². The lowest BCUT2D eigenvalue weighted by Gasteiger charge is -2.34. The van der Waals surface area contributed by atoms with Gasteiger partial charge < -0.3 is 19.7 Å². The number of nitrogens with one attached hydrogen (secondary N) is 1. The van der Waals surface area contributed by atoms with E-state index >= 15 is 0 Å². The molecule has 2 atom stereocenters. The molecule has 2 unspecified atom stereocenters. The fourth-order valence-corrected chi connectivity index (χ4v) is 3.06. The Hall–Kier alpha value is -1.11. The van der Waals surface area contributed by atoms with E-state index in [2.05, 4.69) is 36.3 Å². The fourth-order valence-electron chi connectivity index (χ4n) is 3.06. The van der Waals surface area contributed by atoms with Gasteiger partial charge in [-0.3, -0.25) is 4.68 Å². The Bertz CT molecular complexity index is 453. The molecule has 2 rings (SSSR count). The van der Waals surface area contributed by atoms with Gasteiger partial charge in [0.2, 0.25) is 0 Å². The summed E-state index contributed by atoms with van der Waals surface area (Å²) in [6, 6.07) is 0.0691. The summed E-state index contributed by atoms with van der Waals surface area (Å²) in [6.07, 6.45) is 3.94. The highest BCUT2D eigenvalue weighted by Crippen LogP contribution is 2.40. The van der Waals surface area contributed by atoms with Crippen LogP contribution in [-0.2, 0) is 11.3 Å². The topological polar surface area (TPSA) is 51.5 Å². The molecular weight excluding hydrogens is 268 g/mol. The van der Waals surface area contributed by atoms with Gasteiger partial charge >= 0.3 is 0 Å². The fraction of sp³-hybridized carbons (Fsp3) is 0.800. The first-order valence-electron chi connectivity index (χ1n) is 7.57. The maximum absolute atomic E-state index is 6.03. The molecule has 1 N–H and O–H groups in total. The van der Waals surface area contributed by atoms with Crippen molar-refractivity contribution >= 4 is 0 Å². The minimum Gasteiger partial charge on any atom is -0.493 e. The van der Waals surface area contributed by atoms with Gasteiger partial charge in [0.25, 0.3) is 0 Å². The molecule has 1 aliphatic heterocycles. The van der Waals surface area contributed by atoms with Crippen molar-refractivity contribution in [3.8, 4) is 5.75 Å². The van der Waals surface area contributed by atoms with Crippen LogP contribution in [0.5, 0.6) is 5.75 Å². The molecule has 21 heavy (non-hydrogen) atoms. The largest absolute Gasteiger partial charge is 0.493 e. The van der Waals surface area contributed by atoms with Crippen LogP contribution in [-0.4, -0.2) is 61.7 Å². The van der Waals surface area contributed by atoms with Crippen molar-refractivity contribution in [1.82, 2.24) is 20.0 Å². The highest BCUT2D eigenvalue weighted by Gasteiger charge is 2.41. The second kappa shape index (κ2) is 6.77. The van der Waals surface area contributed by atoms with Gasteiger partial charge in [0.05, 0.1) is 31.5 Å².